The molecular weight excluding hydrogens is 354 g/mol. The fraction of sp³-hybridized carbons (Fsp3) is 0.318. The van der Waals surface area contributed by atoms with E-state index in [0.29, 0.717) is 5.92 Å². The first kappa shape index (κ1) is 18.2. The molecule has 1 aliphatic carbocycles. The molecule has 144 valence electrons. The van der Waals surface area contributed by atoms with Crippen LogP contribution in [0.1, 0.15) is 36.8 Å². The van der Waals surface area contributed by atoms with Crippen LogP contribution < -0.4 is 10.6 Å². The lowest BCUT2D eigenvalue weighted by atomic mass is 9.94. The van der Waals surface area contributed by atoms with E-state index in [4.69, 9.17) is 4.74 Å². The predicted octanol–water partition coefficient (Wildman–Crippen LogP) is 3.87. The van der Waals surface area contributed by atoms with Gasteiger partial charge in [0, 0.05) is 17.2 Å². The van der Waals surface area contributed by atoms with Gasteiger partial charge in [0.25, 0.3) is 5.91 Å². The molecule has 2 aliphatic rings. The van der Waals surface area contributed by atoms with E-state index in [1.165, 1.54) is 0 Å². The number of anilines is 1. The molecule has 2 amide bonds. The maximum absolute atomic E-state index is 12.7. The van der Waals surface area contributed by atoms with E-state index in [1.807, 2.05) is 54.6 Å². The molecule has 0 saturated heterocycles. The van der Waals surface area contributed by atoms with Crippen LogP contribution in [0.5, 0.6) is 0 Å². The third-order valence-corrected chi connectivity index (χ3v) is 5.19. The number of nitrogens with one attached hydrogen (secondary N) is 2. The highest BCUT2D eigenvalue weighted by Gasteiger charge is 2.31. The molecule has 0 spiro atoms. The minimum atomic E-state index is -1.01. The molecule has 1 saturated carbocycles. The van der Waals surface area contributed by atoms with Gasteiger partial charge >= 0.3 is 6.09 Å². The number of para-hydroxylation sites is 1. The van der Waals surface area contributed by atoms with Crippen LogP contribution >= 0.6 is 0 Å². The molecule has 0 radical (unpaired) electrons. The number of amides is 2. The van der Waals surface area contributed by atoms with Crippen LogP contribution in [0.4, 0.5) is 10.5 Å². The molecule has 1 aliphatic heterocycles. The van der Waals surface area contributed by atoms with E-state index in [-0.39, 0.29) is 12.5 Å². The predicted molar refractivity (Wildman–Crippen MR) is 107 cm³/mol. The van der Waals surface area contributed by atoms with E-state index in [9.17, 15) is 9.59 Å². The molecule has 1 heterocycles. The largest absolute Gasteiger partial charge is 0.445 e. The van der Waals surface area contributed by atoms with Crippen LogP contribution in [0.3, 0.4) is 0 Å². The number of carbonyl (C=O) groups excluding carboxylic acids is 2. The van der Waals surface area contributed by atoms with Gasteiger partial charge in [0.1, 0.15) is 6.61 Å². The number of nitrogens with zero attached hydrogens (tertiary/aromatic N) is 1. The Morgan fingerprint density at radius 3 is 2.57 bits per heavy atom. The molecule has 4 rings (SSSR count). The van der Waals surface area contributed by atoms with Gasteiger partial charge < -0.3 is 10.1 Å². The molecule has 1 fully saturated rings. The van der Waals surface area contributed by atoms with Crippen molar-refractivity contribution < 1.29 is 14.3 Å². The van der Waals surface area contributed by atoms with E-state index < -0.39 is 12.3 Å². The number of carbonyl (C=O) groups is 2. The molecule has 0 aromatic heterocycles. The van der Waals surface area contributed by atoms with E-state index in [1.54, 1.807) is 0 Å². The van der Waals surface area contributed by atoms with Crippen LogP contribution in [-0.2, 0) is 16.1 Å². The van der Waals surface area contributed by atoms with Gasteiger partial charge in [0.05, 0.1) is 5.71 Å². The van der Waals surface area contributed by atoms with E-state index in [0.717, 1.165) is 48.2 Å². The zero-order valence-electron chi connectivity index (χ0n) is 15.6. The molecule has 2 N–H and O–H groups in total. The van der Waals surface area contributed by atoms with Gasteiger partial charge in [0.15, 0.2) is 0 Å². The average Bonchev–Trinajstić information content (AvgIpc) is 3.21. The fourth-order valence-corrected chi connectivity index (χ4v) is 3.78. The minimum absolute atomic E-state index is 0.139. The lowest BCUT2D eigenvalue weighted by Crippen LogP contribution is -2.42. The van der Waals surface area contributed by atoms with Crippen molar-refractivity contribution in [2.75, 3.05) is 5.32 Å². The summed E-state index contributed by atoms with van der Waals surface area (Å²) in [7, 11) is 0. The van der Waals surface area contributed by atoms with Gasteiger partial charge in [-0.15, -0.1) is 0 Å². The summed E-state index contributed by atoms with van der Waals surface area (Å²) in [6, 6.07) is 17.1. The molecule has 2 aromatic carbocycles. The Kier molecular flexibility index (Phi) is 5.37. The number of hydrogen-bond donors (Lipinski definition) is 2. The number of fused-ring (bicyclic) bond motifs is 1. The molecular formula is C22H23N3O3. The molecule has 1 atom stereocenters. The summed E-state index contributed by atoms with van der Waals surface area (Å²) in [6.07, 6.45) is 2.74. The SMILES string of the molecule is O=C(NC1N=C(C2CCCC2)c2ccccc2NC1=O)OCc1ccccc1. The Balaban J connectivity index is 1.52. The Morgan fingerprint density at radius 1 is 1.07 bits per heavy atom. The van der Waals surface area contributed by atoms with Crippen molar-refractivity contribution in [2.45, 2.75) is 38.5 Å². The summed E-state index contributed by atoms with van der Waals surface area (Å²) in [4.78, 5) is 29.6. The second-order valence-corrected chi connectivity index (χ2v) is 7.14. The topological polar surface area (TPSA) is 79.8 Å². The number of rotatable bonds is 4. The van der Waals surface area contributed by atoms with Crippen molar-refractivity contribution >= 4 is 23.4 Å². The molecule has 0 bridgehead atoms. The zero-order chi connectivity index (χ0) is 19.3. The number of ether oxygens (including phenoxy) is 1. The normalized spacial score (nSPS) is 19.2. The Labute approximate surface area is 164 Å². The highest BCUT2D eigenvalue weighted by atomic mass is 16.5. The van der Waals surface area contributed by atoms with Crippen molar-refractivity contribution in [2.24, 2.45) is 10.9 Å². The van der Waals surface area contributed by atoms with Crippen LogP contribution in [-0.4, -0.2) is 23.9 Å². The third-order valence-electron chi connectivity index (χ3n) is 5.19. The monoisotopic (exact) mass is 377 g/mol. The van der Waals surface area contributed by atoms with Crippen LogP contribution in [0.15, 0.2) is 59.6 Å². The maximum Gasteiger partial charge on any atom is 0.409 e. The van der Waals surface area contributed by atoms with Crippen molar-refractivity contribution in [1.82, 2.24) is 5.32 Å². The van der Waals surface area contributed by atoms with Crippen LogP contribution in [0, 0.1) is 5.92 Å². The summed E-state index contributed by atoms with van der Waals surface area (Å²) in [5.41, 5.74) is 3.44. The number of hydrogen-bond acceptors (Lipinski definition) is 4. The second kappa shape index (κ2) is 8.25. The van der Waals surface area contributed by atoms with Crippen molar-refractivity contribution in [3.05, 3.63) is 65.7 Å². The van der Waals surface area contributed by atoms with Gasteiger partial charge in [-0.25, -0.2) is 4.79 Å². The fourth-order valence-electron chi connectivity index (χ4n) is 3.78. The quantitative estimate of drug-likeness (QED) is 0.849. The van der Waals surface area contributed by atoms with E-state index in [2.05, 4.69) is 15.6 Å². The number of alkyl carbamates (subject to hydrolysis) is 1. The zero-order valence-corrected chi connectivity index (χ0v) is 15.6. The van der Waals surface area contributed by atoms with Gasteiger partial charge in [-0.3, -0.25) is 15.1 Å². The molecule has 28 heavy (non-hydrogen) atoms. The maximum atomic E-state index is 12.7. The first-order valence-corrected chi connectivity index (χ1v) is 9.66. The van der Waals surface area contributed by atoms with Crippen LogP contribution in [0.2, 0.25) is 0 Å². The standard InChI is InChI=1S/C22H23N3O3/c26-21-20(25-22(27)28-14-15-8-2-1-3-9-15)24-19(16-10-4-5-11-16)17-12-6-7-13-18(17)23-21/h1-3,6-9,12-13,16,20H,4-5,10-11,14H2,(H,23,26)(H,25,27). The molecule has 6 nitrogen and oxygen atoms in total. The van der Waals surface area contributed by atoms with Gasteiger partial charge in [0.2, 0.25) is 6.17 Å². The Morgan fingerprint density at radius 2 is 1.79 bits per heavy atom. The summed E-state index contributed by atoms with van der Waals surface area (Å²) < 4.78 is 5.26. The highest BCUT2D eigenvalue weighted by Crippen LogP contribution is 2.32. The highest BCUT2D eigenvalue weighted by molar-refractivity contribution is 6.13. The summed E-state index contributed by atoms with van der Waals surface area (Å²) in [5.74, 6) is -0.0596. The third kappa shape index (κ3) is 4.06. The first-order chi connectivity index (χ1) is 13.7. The van der Waals surface area contributed by atoms with Gasteiger partial charge in [-0.05, 0) is 24.5 Å². The smallest absolute Gasteiger partial charge is 0.409 e. The van der Waals surface area contributed by atoms with Gasteiger partial charge in [-0.1, -0.05) is 61.4 Å². The lowest BCUT2D eigenvalue weighted by molar-refractivity contribution is -0.117. The summed E-state index contributed by atoms with van der Waals surface area (Å²) >= 11 is 0. The first-order valence-electron chi connectivity index (χ1n) is 9.66. The molecule has 6 heteroatoms. The molecule has 1 unspecified atom stereocenters. The summed E-state index contributed by atoms with van der Waals surface area (Å²) in [5, 5.41) is 5.49. The second-order valence-electron chi connectivity index (χ2n) is 7.14. The van der Waals surface area contributed by atoms with Crippen molar-refractivity contribution in [3.8, 4) is 0 Å². The van der Waals surface area contributed by atoms with Gasteiger partial charge in [-0.2, -0.15) is 0 Å². The van der Waals surface area contributed by atoms with E-state index >= 15 is 0 Å². The lowest BCUT2D eigenvalue weighted by Gasteiger charge is -2.16. The average molecular weight is 377 g/mol. The number of benzene rings is 2. The Bertz CT molecular complexity index is 889. The number of aliphatic imine (C=N–C) groups is 1. The van der Waals surface area contributed by atoms with Crippen molar-refractivity contribution in [3.63, 3.8) is 0 Å². The Hall–Kier alpha value is -3.15. The summed E-state index contributed by atoms with van der Waals surface area (Å²) in [6.45, 7) is 0.139. The number of benzodiazepines with no additional fused rings is 1. The van der Waals surface area contributed by atoms with Crippen molar-refractivity contribution in [1.29, 1.82) is 0 Å². The minimum Gasteiger partial charge on any atom is -0.445 e. The van der Waals surface area contributed by atoms with Crippen LogP contribution in [0.25, 0.3) is 0 Å². The molecule has 2 aromatic rings.